The van der Waals surface area contributed by atoms with Crippen molar-refractivity contribution < 1.29 is 19.4 Å². The van der Waals surface area contributed by atoms with E-state index in [-0.39, 0.29) is 5.91 Å². The molecule has 1 aromatic heterocycles. The number of hydrogen-bond acceptors (Lipinski definition) is 5. The van der Waals surface area contributed by atoms with Crippen molar-refractivity contribution in [2.24, 2.45) is 0 Å². The van der Waals surface area contributed by atoms with Crippen molar-refractivity contribution in [3.8, 4) is 5.75 Å². The van der Waals surface area contributed by atoms with E-state index in [0.29, 0.717) is 11.3 Å². The maximum Gasteiger partial charge on any atom is 0.341 e. The third-order valence-corrected chi connectivity index (χ3v) is 4.84. The molecule has 1 aromatic carbocycles. The minimum absolute atomic E-state index is 0.272. The van der Waals surface area contributed by atoms with Gasteiger partial charge in [-0.3, -0.25) is 4.79 Å². The maximum absolute atomic E-state index is 12.5. The standard InChI is InChI=1S/C17H20N2O4S/c1-10-11(2)24-16(18-10)17(3,4)19-15(22)12-6-5-7-13(8-12)23-9-14(20)21/h5-8H,9H2,1-4H3,(H,19,22)(H,20,21). The number of aromatic nitrogens is 1. The predicted molar refractivity (Wildman–Crippen MR) is 91.7 cm³/mol. The molecule has 0 aliphatic carbocycles. The van der Waals surface area contributed by atoms with E-state index in [9.17, 15) is 9.59 Å². The SMILES string of the molecule is Cc1nc(C(C)(C)NC(=O)c2cccc(OCC(=O)O)c2)sc1C. The first-order valence-electron chi connectivity index (χ1n) is 7.41. The van der Waals surface area contributed by atoms with E-state index < -0.39 is 18.1 Å². The number of amides is 1. The molecule has 1 amide bonds. The summed E-state index contributed by atoms with van der Waals surface area (Å²) in [5, 5.41) is 12.4. The monoisotopic (exact) mass is 348 g/mol. The molecule has 0 unspecified atom stereocenters. The maximum atomic E-state index is 12.5. The van der Waals surface area contributed by atoms with Crippen LogP contribution in [-0.2, 0) is 10.3 Å². The number of rotatable bonds is 6. The molecule has 0 saturated carbocycles. The van der Waals surface area contributed by atoms with Gasteiger partial charge < -0.3 is 15.2 Å². The van der Waals surface area contributed by atoms with Crippen LogP contribution in [0.5, 0.6) is 5.75 Å². The van der Waals surface area contributed by atoms with Crippen molar-refractivity contribution in [2.75, 3.05) is 6.61 Å². The highest BCUT2D eigenvalue weighted by atomic mass is 32.1. The van der Waals surface area contributed by atoms with Crippen molar-refractivity contribution in [1.82, 2.24) is 10.3 Å². The molecule has 0 saturated heterocycles. The number of ether oxygens (including phenoxy) is 1. The minimum atomic E-state index is -1.07. The smallest absolute Gasteiger partial charge is 0.341 e. The number of aliphatic carboxylic acids is 1. The molecule has 0 fully saturated rings. The largest absolute Gasteiger partial charge is 0.482 e. The summed E-state index contributed by atoms with van der Waals surface area (Å²) in [5.74, 6) is -1.00. The number of carboxylic acid groups (broad SMARTS) is 1. The van der Waals surface area contributed by atoms with Crippen LogP contribution in [0.1, 0.15) is 39.8 Å². The van der Waals surface area contributed by atoms with Crippen molar-refractivity contribution in [1.29, 1.82) is 0 Å². The van der Waals surface area contributed by atoms with Crippen molar-refractivity contribution in [3.05, 3.63) is 45.4 Å². The van der Waals surface area contributed by atoms with E-state index in [4.69, 9.17) is 9.84 Å². The molecule has 0 bridgehead atoms. The molecular formula is C17H20N2O4S. The first kappa shape index (κ1) is 17.9. The Labute approximate surface area is 144 Å². The highest BCUT2D eigenvalue weighted by Crippen LogP contribution is 2.27. The van der Waals surface area contributed by atoms with Gasteiger partial charge >= 0.3 is 5.97 Å². The number of benzene rings is 1. The number of hydrogen-bond donors (Lipinski definition) is 2. The van der Waals surface area contributed by atoms with Gasteiger partial charge in [-0.15, -0.1) is 11.3 Å². The Morgan fingerprint density at radius 1 is 1.33 bits per heavy atom. The topological polar surface area (TPSA) is 88.5 Å². The Morgan fingerprint density at radius 3 is 2.62 bits per heavy atom. The molecule has 0 aliphatic rings. The van der Waals surface area contributed by atoms with Gasteiger partial charge in [-0.25, -0.2) is 9.78 Å². The Balaban J connectivity index is 2.13. The number of carbonyl (C=O) groups excluding carboxylic acids is 1. The lowest BCUT2D eigenvalue weighted by molar-refractivity contribution is -0.139. The molecule has 1 heterocycles. The summed E-state index contributed by atoms with van der Waals surface area (Å²) in [6.07, 6.45) is 0. The van der Waals surface area contributed by atoms with Crippen molar-refractivity contribution in [2.45, 2.75) is 33.2 Å². The Bertz CT molecular complexity index is 748. The second-order valence-corrected chi connectivity index (χ2v) is 7.15. The summed E-state index contributed by atoms with van der Waals surface area (Å²) in [6, 6.07) is 6.43. The van der Waals surface area contributed by atoms with Crippen LogP contribution in [0.15, 0.2) is 24.3 Å². The normalized spacial score (nSPS) is 11.2. The van der Waals surface area contributed by atoms with E-state index in [0.717, 1.165) is 15.6 Å². The number of nitrogens with zero attached hydrogens (tertiary/aromatic N) is 1. The summed E-state index contributed by atoms with van der Waals surface area (Å²) in [5.41, 5.74) is 0.746. The van der Waals surface area contributed by atoms with E-state index in [1.54, 1.807) is 29.5 Å². The number of thiazole rings is 1. The van der Waals surface area contributed by atoms with E-state index in [1.807, 2.05) is 27.7 Å². The number of nitrogens with one attached hydrogen (secondary N) is 1. The number of carbonyl (C=O) groups is 2. The summed E-state index contributed by atoms with van der Waals surface area (Å²) >= 11 is 1.56. The van der Waals surface area contributed by atoms with Crippen LogP contribution < -0.4 is 10.1 Å². The summed E-state index contributed by atoms with van der Waals surface area (Å²) < 4.78 is 5.10. The molecule has 2 rings (SSSR count). The van der Waals surface area contributed by atoms with Gasteiger partial charge in [0.05, 0.1) is 11.2 Å². The van der Waals surface area contributed by atoms with Crippen LogP contribution in [0.25, 0.3) is 0 Å². The Hall–Kier alpha value is -2.41. The zero-order chi connectivity index (χ0) is 17.9. The lowest BCUT2D eigenvalue weighted by Gasteiger charge is -2.24. The van der Waals surface area contributed by atoms with Gasteiger partial charge in [0.15, 0.2) is 6.61 Å². The predicted octanol–water partition coefficient (Wildman–Crippen LogP) is 2.89. The van der Waals surface area contributed by atoms with Crippen molar-refractivity contribution in [3.63, 3.8) is 0 Å². The van der Waals surface area contributed by atoms with Crippen LogP contribution >= 0.6 is 11.3 Å². The molecule has 0 radical (unpaired) electrons. The van der Waals surface area contributed by atoms with Crippen LogP contribution in [0.3, 0.4) is 0 Å². The van der Waals surface area contributed by atoms with Gasteiger partial charge in [0, 0.05) is 10.4 Å². The lowest BCUT2D eigenvalue weighted by atomic mass is 10.1. The number of aryl methyl sites for hydroxylation is 2. The first-order valence-corrected chi connectivity index (χ1v) is 8.22. The van der Waals surface area contributed by atoms with Gasteiger partial charge in [0.25, 0.3) is 5.91 Å². The molecule has 128 valence electrons. The van der Waals surface area contributed by atoms with Gasteiger partial charge in [0.1, 0.15) is 10.8 Å². The minimum Gasteiger partial charge on any atom is -0.482 e. The highest BCUT2D eigenvalue weighted by molar-refractivity contribution is 7.11. The lowest BCUT2D eigenvalue weighted by Crippen LogP contribution is -2.41. The Morgan fingerprint density at radius 2 is 2.04 bits per heavy atom. The van der Waals surface area contributed by atoms with Crippen molar-refractivity contribution >= 4 is 23.2 Å². The fourth-order valence-corrected chi connectivity index (χ4v) is 2.99. The van der Waals surface area contributed by atoms with E-state index in [1.165, 1.54) is 6.07 Å². The van der Waals surface area contributed by atoms with Gasteiger partial charge in [0.2, 0.25) is 0 Å². The summed E-state index contributed by atoms with van der Waals surface area (Å²) in [4.78, 5) is 28.7. The highest BCUT2D eigenvalue weighted by Gasteiger charge is 2.27. The van der Waals surface area contributed by atoms with Gasteiger partial charge in [-0.1, -0.05) is 6.07 Å². The molecule has 0 aliphatic heterocycles. The molecule has 24 heavy (non-hydrogen) atoms. The average Bonchev–Trinajstić information content (AvgIpc) is 2.85. The molecule has 2 N–H and O–H groups in total. The second-order valence-electron chi connectivity index (χ2n) is 5.95. The molecule has 0 spiro atoms. The fourth-order valence-electron chi connectivity index (χ4n) is 2.02. The zero-order valence-corrected chi connectivity index (χ0v) is 14.9. The fraction of sp³-hybridized carbons (Fsp3) is 0.353. The van der Waals surface area contributed by atoms with Crippen LogP contribution in [-0.4, -0.2) is 28.6 Å². The quantitative estimate of drug-likeness (QED) is 0.838. The summed E-state index contributed by atoms with van der Waals surface area (Å²) in [7, 11) is 0. The third kappa shape index (κ3) is 4.32. The van der Waals surface area contributed by atoms with Crippen LogP contribution in [0, 0.1) is 13.8 Å². The molecule has 7 heteroatoms. The Kier molecular flexibility index (Phi) is 5.23. The zero-order valence-electron chi connectivity index (χ0n) is 14.0. The van der Waals surface area contributed by atoms with Gasteiger partial charge in [-0.2, -0.15) is 0 Å². The average molecular weight is 348 g/mol. The van der Waals surface area contributed by atoms with E-state index in [2.05, 4.69) is 10.3 Å². The molecular weight excluding hydrogens is 328 g/mol. The third-order valence-electron chi connectivity index (χ3n) is 3.45. The summed E-state index contributed by atoms with van der Waals surface area (Å²) in [6.45, 7) is 7.28. The van der Waals surface area contributed by atoms with E-state index >= 15 is 0 Å². The molecule has 6 nitrogen and oxygen atoms in total. The molecule has 0 atom stereocenters. The van der Waals surface area contributed by atoms with Gasteiger partial charge in [-0.05, 0) is 45.9 Å². The molecule has 2 aromatic rings. The second kappa shape index (κ2) is 7.00. The first-order chi connectivity index (χ1) is 11.2. The number of carboxylic acids is 1. The van der Waals surface area contributed by atoms with Crippen LogP contribution in [0.2, 0.25) is 0 Å². The van der Waals surface area contributed by atoms with Crippen LogP contribution in [0.4, 0.5) is 0 Å².